The van der Waals surface area contributed by atoms with Crippen molar-refractivity contribution >= 4 is 52.1 Å². The second-order valence-corrected chi connectivity index (χ2v) is 7.70. The molecule has 1 unspecified atom stereocenters. The van der Waals surface area contributed by atoms with Crippen LogP contribution in [0.4, 0.5) is 17.1 Å². The Morgan fingerprint density at radius 2 is 1.90 bits per heavy atom. The molecule has 2 aromatic carbocycles. The molecular formula is C19H17Cl2N3O5. The summed E-state index contributed by atoms with van der Waals surface area (Å²) in [5, 5.41) is 14.4. The molecule has 8 nitrogen and oxygen atoms in total. The first-order valence-electron chi connectivity index (χ1n) is 8.68. The lowest BCUT2D eigenvalue weighted by Crippen LogP contribution is -2.50. The molecule has 1 aliphatic heterocycles. The van der Waals surface area contributed by atoms with Crippen LogP contribution in [0, 0.1) is 16.0 Å². The number of rotatable bonds is 5. The highest BCUT2D eigenvalue weighted by atomic mass is 35.5. The number of nitro benzene ring substituents is 1. The molecule has 0 saturated carbocycles. The zero-order valence-corrected chi connectivity index (χ0v) is 17.0. The molecule has 0 fully saturated rings. The number of halogens is 2. The van der Waals surface area contributed by atoms with E-state index in [1.165, 1.54) is 41.3 Å². The number of fused-ring (bicyclic) bond motifs is 1. The second kappa shape index (κ2) is 8.26. The number of benzene rings is 2. The van der Waals surface area contributed by atoms with Crippen molar-refractivity contribution in [1.82, 2.24) is 0 Å². The van der Waals surface area contributed by atoms with E-state index in [1.807, 2.05) is 0 Å². The van der Waals surface area contributed by atoms with Gasteiger partial charge in [0.1, 0.15) is 6.54 Å². The van der Waals surface area contributed by atoms with Crippen LogP contribution in [0.15, 0.2) is 36.4 Å². The summed E-state index contributed by atoms with van der Waals surface area (Å²) >= 11 is 11.9. The first kappa shape index (κ1) is 20.9. The van der Waals surface area contributed by atoms with Crippen molar-refractivity contribution in [1.29, 1.82) is 0 Å². The molecule has 29 heavy (non-hydrogen) atoms. The Balaban J connectivity index is 1.89. The van der Waals surface area contributed by atoms with Gasteiger partial charge in [0, 0.05) is 21.8 Å². The third-order valence-electron chi connectivity index (χ3n) is 4.26. The van der Waals surface area contributed by atoms with Crippen molar-refractivity contribution in [3.8, 4) is 5.75 Å². The molecule has 1 atom stereocenters. The summed E-state index contributed by atoms with van der Waals surface area (Å²) in [6.45, 7) is 3.27. The van der Waals surface area contributed by atoms with E-state index < -0.39 is 22.8 Å². The molecule has 1 heterocycles. The third-order valence-corrected chi connectivity index (χ3v) is 4.70. The van der Waals surface area contributed by atoms with Gasteiger partial charge in [-0.05, 0) is 30.2 Å². The van der Waals surface area contributed by atoms with Crippen LogP contribution in [-0.4, -0.2) is 29.4 Å². The number of nitrogens with one attached hydrogen (secondary N) is 1. The van der Waals surface area contributed by atoms with E-state index in [9.17, 15) is 19.7 Å². The predicted molar refractivity (Wildman–Crippen MR) is 110 cm³/mol. The molecule has 0 bridgehead atoms. The zero-order valence-electron chi connectivity index (χ0n) is 15.5. The van der Waals surface area contributed by atoms with Gasteiger partial charge in [0.05, 0.1) is 16.7 Å². The van der Waals surface area contributed by atoms with E-state index >= 15 is 0 Å². The fourth-order valence-corrected chi connectivity index (χ4v) is 3.47. The Morgan fingerprint density at radius 3 is 2.48 bits per heavy atom. The van der Waals surface area contributed by atoms with Crippen LogP contribution in [0.2, 0.25) is 10.0 Å². The largest absolute Gasteiger partial charge is 0.478 e. The minimum atomic E-state index is -0.863. The molecule has 0 radical (unpaired) electrons. The van der Waals surface area contributed by atoms with Gasteiger partial charge in [-0.3, -0.25) is 24.6 Å². The molecule has 10 heteroatoms. The molecule has 0 spiro atoms. The molecule has 0 aliphatic carbocycles. The van der Waals surface area contributed by atoms with E-state index in [0.29, 0.717) is 15.7 Å². The Labute approximate surface area is 176 Å². The lowest BCUT2D eigenvalue weighted by atomic mass is 10.0. The van der Waals surface area contributed by atoms with Crippen molar-refractivity contribution in [2.75, 3.05) is 16.8 Å². The van der Waals surface area contributed by atoms with Crippen LogP contribution < -0.4 is 15.0 Å². The monoisotopic (exact) mass is 437 g/mol. The first-order chi connectivity index (χ1) is 13.7. The van der Waals surface area contributed by atoms with Crippen molar-refractivity contribution < 1.29 is 19.2 Å². The molecule has 1 N–H and O–H groups in total. The zero-order chi connectivity index (χ0) is 21.3. The average Bonchev–Trinajstić information content (AvgIpc) is 2.62. The summed E-state index contributed by atoms with van der Waals surface area (Å²) in [4.78, 5) is 37.2. The average molecular weight is 438 g/mol. The summed E-state index contributed by atoms with van der Waals surface area (Å²) in [5.41, 5.74) is 0.507. The molecule has 2 amide bonds. The maximum atomic E-state index is 12.9. The van der Waals surface area contributed by atoms with Gasteiger partial charge in [-0.15, -0.1) is 0 Å². The van der Waals surface area contributed by atoms with Gasteiger partial charge in [-0.25, -0.2) is 0 Å². The van der Waals surface area contributed by atoms with E-state index in [4.69, 9.17) is 27.9 Å². The van der Waals surface area contributed by atoms with Crippen LogP contribution in [-0.2, 0) is 9.59 Å². The van der Waals surface area contributed by atoms with E-state index in [0.717, 1.165) is 0 Å². The van der Waals surface area contributed by atoms with Crippen LogP contribution in [0.3, 0.4) is 0 Å². The highest BCUT2D eigenvalue weighted by Gasteiger charge is 2.38. The number of amides is 2. The molecule has 0 aromatic heterocycles. The van der Waals surface area contributed by atoms with Gasteiger partial charge in [-0.2, -0.15) is 0 Å². The third kappa shape index (κ3) is 4.60. The predicted octanol–water partition coefficient (Wildman–Crippen LogP) is 4.29. The normalized spacial score (nSPS) is 15.7. The minimum Gasteiger partial charge on any atom is -0.478 e. The summed E-state index contributed by atoms with van der Waals surface area (Å²) in [6, 6.07) is 8.49. The standard InChI is InChI=1S/C19H17Cl2N3O5/c1-10(2)18-19(26)23(15-4-3-14(24(27)28)8-16(15)29-18)9-17(25)22-13-6-11(20)5-12(21)7-13/h3-8,10,18H,9H2,1-2H3,(H,22,25). The lowest BCUT2D eigenvalue weighted by Gasteiger charge is -2.35. The maximum Gasteiger partial charge on any atom is 0.273 e. The Kier molecular flexibility index (Phi) is 5.95. The fourth-order valence-electron chi connectivity index (χ4n) is 2.95. The molecule has 1 aliphatic rings. The summed E-state index contributed by atoms with van der Waals surface area (Å²) in [5.74, 6) is -0.908. The van der Waals surface area contributed by atoms with Gasteiger partial charge in [-0.1, -0.05) is 37.0 Å². The van der Waals surface area contributed by atoms with E-state index in [-0.39, 0.29) is 29.6 Å². The first-order valence-corrected chi connectivity index (χ1v) is 9.43. The quantitative estimate of drug-likeness (QED) is 0.554. The number of anilines is 2. The summed E-state index contributed by atoms with van der Waals surface area (Å²) < 4.78 is 5.70. The molecule has 2 aromatic rings. The Bertz CT molecular complexity index is 976. The molecule has 152 valence electrons. The van der Waals surface area contributed by atoms with Crippen molar-refractivity contribution in [2.24, 2.45) is 5.92 Å². The fraction of sp³-hybridized carbons (Fsp3) is 0.263. The van der Waals surface area contributed by atoms with Gasteiger partial charge in [0.15, 0.2) is 11.9 Å². The van der Waals surface area contributed by atoms with Gasteiger partial charge in [0.25, 0.3) is 11.6 Å². The number of hydrogen-bond acceptors (Lipinski definition) is 5. The number of ether oxygens (including phenoxy) is 1. The van der Waals surface area contributed by atoms with Crippen molar-refractivity contribution in [2.45, 2.75) is 20.0 Å². The highest BCUT2D eigenvalue weighted by molar-refractivity contribution is 6.35. The van der Waals surface area contributed by atoms with E-state index in [2.05, 4.69) is 5.32 Å². The molecule has 3 rings (SSSR count). The number of carbonyl (C=O) groups is 2. The van der Waals surface area contributed by atoms with Crippen molar-refractivity contribution in [3.05, 3.63) is 56.6 Å². The second-order valence-electron chi connectivity index (χ2n) is 6.82. The van der Waals surface area contributed by atoms with Crippen LogP contribution in [0.25, 0.3) is 0 Å². The Morgan fingerprint density at radius 1 is 1.24 bits per heavy atom. The molecule has 0 saturated heterocycles. The van der Waals surface area contributed by atoms with E-state index in [1.54, 1.807) is 13.8 Å². The number of carbonyl (C=O) groups excluding carboxylic acids is 2. The van der Waals surface area contributed by atoms with Gasteiger partial charge >= 0.3 is 0 Å². The highest BCUT2D eigenvalue weighted by Crippen LogP contribution is 2.38. The van der Waals surface area contributed by atoms with Crippen LogP contribution >= 0.6 is 23.2 Å². The summed E-state index contributed by atoms with van der Waals surface area (Å²) in [7, 11) is 0. The van der Waals surface area contributed by atoms with Crippen molar-refractivity contribution in [3.63, 3.8) is 0 Å². The number of hydrogen-bond donors (Lipinski definition) is 1. The topological polar surface area (TPSA) is 102 Å². The Hall–Kier alpha value is -2.84. The number of nitrogens with zero attached hydrogens (tertiary/aromatic N) is 2. The van der Waals surface area contributed by atoms with Gasteiger partial charge in [0.2, 0.25) is 5.91 Å². The lowest BCUT2D eigenvalue weighted by molar-refractivity contribution is -0.384. The van der Waals surface area contributed by atoms with Crippen LogP contribution in [0.1, 0.15) is 13.8 Å². The van der Waals surface area contributed by atoms with Crippen LogP contribution in [0.5, 0.6) is 5.75 Å². The number of non-ortho nitro benzene ring substituents is 1. The summed E-state index contributed by atoms with van der Waals surface area (Å²) in [6.07, 6.45) is -0.863. The SMILES string of the molecule is CC(C)C1Oc2cc([N+](=O)[O-])ccc2N(CC(=O)Nc2cc(Cl)cc(Cl)c2)C1=O. The smallest absolute Gasteiger partial charge is 0.273 e. The number of nitro groups is 1. The maximum absolute atomic E-state index is 12.9. The minimum absolute atomic E-state index is 0.168. The molecular weight excluding hydrogens is 421 g/mol. The van der Waals surface area contributed by atoms with Gasteiger partial charge < -0.3 is 10.1 Å².